The van der Waals surface area contributed by atoms with E-state index in [1.54, 1.807) is 6.07 Å². The van der Waals surface area contributed by atoms with E-state index < -0.39 is 0 Å². The van der Waals surface area contributed by atoms with Crippen LogP contribution in [0, 0.1) is 20.8 Å². The Morgan fingerprint density at radius 3 is 2.29 bits per heavy atom. The predicted molar refractivity (Wildman–Crippen MR) is 92.7 cm³/mol. The Kier molecular flexibility index (Phi) is 5.13. The van der Waals surface area contributed by atoms with Gasteiger partial charge in [0.05, 0.1) is 15.7 Å². The number of nitrogens with one attached hydrogen (secondary N) is 1. The van der Waals surface area contributed by atoms with Crippen LogP contribution in [0.3, 0.4) is 0 Å². The van der Waals surface area contributed by atoms with Crippen molar-refractivity contribution in [2.24, 2.45) is 0 Å². The molecule has 0 aliphatic rings. The van der Waals surface area contributed by atoms with Crippen molar-refractivity contribution in [1.29, 1.82) is 0 Å². The molecule has 2 aromatic rings. The predicted octanol–water partition coefficient (Wildman–Crippen LogP) is 5.80. The lowest BCUT2D eigenvalue weighted by Crippen LogP contribution is -2.04. The Labute approximate surface area is 136 Å². The molecule has 0 saturated heterocycles. The fourth-order valence-electron chi connectivity index (χ4n) is 2.24. The molecule has 1 aromatic heterocycles. The average Bonchev–Trinajstić information content (AvgIpc) is 2.42. The van der Waals surface area contributed by atoms with E-state index in [1.165, 1.54) is 11.1 Å². The molecule has 0 amide bonds. The van der Waals surface area contributed by atoms with Crippen LogP contribution in [0.2, 0.25) is 10.0 Å². The lowest BCUT2D eigenvalue weighted by Gasteiger charge is -2.14. The fourth-order valence-corrected chi connectivity index (χ4v) is 2.77. The van der Waals surface area contributed by atoms with Gasteiger partial charge in [-0.2, -0.15) is 0 Å². The fraction of sp³-hybridized carbons (Fsp3) is 0.353. The van der Waals surface area contributed by atoms with Gasteiger partial charge < -0.3 is 5.32 Å². The van der Waals surface area contributed by atoms with E-state index in [4.69, 9.17) is 23.2 Å². The number of rotatable bonds is 4. The van der Waals surface area contributed by atoms with Gasteiger partial charge in [-0.15, -0.1) is 0 Å². The van der Waals surface area contributed by atoms with Crippen LogP contribution in [0.5, 0.6) is 0 Å². The number of aromatic nitrogens is 1. The number of nitrogens with zero attached hydrogens (tertiary/aromatic N) is 1. The second-order valence-electron chi connectivity index (χ2n) is 5.33. The van der Waals surface area contributed by atoms with Gasteiger partial charge in [-0.05, 0) is 56.0 Å². The minimum atomic E-state index is 0.554. The number of hydrogen-bond donors (Lipinski definition) is 1. The van der Waals surface area contributed by atoms with Crippen LogP contribution >= 0.6 is 23.2 Å². The van der Waals surface area contributed by atoms with Crippen molar-refractivity contribution in [3.8, 4) is 11.3 Å². The monoisotopic (exact) mass is 322 g/mol. The molecule has 1 heterocycles. The molecule has 0 saturated carbocycles. The molecule has 0 atom stereocenters. The quantitative estimate of drug-likeness (QED) is 0.769. The Morgan fingerprint density at radius 2 is 1.62 bits per heavy atom. The zero-order valence-electron chi connectivity index (χ0n) is 12.8. The van der Waals surface area contributed by atoms with E-state index in [-0.39, 0.29) is 0 Å². The number of anilines is 1. The summed E-state index contributed by atoms with van der Waals surface area (Å²) in [7, 11) is 0. The second kappa shape index (κ2) is 6.67. The molecule has 21 heavy (non-hydrogen) atoms. The summed E-state index contributed by atoms with van der Waals surface area (Å²) in [5.74, 6) is 0.690. The molecule has 0 aliphatic heterocycles. The molecule has 1 N–H and O–H groups in total. The van der Waals surface area contributed by atoms with Crippen LogP contribution in [-0.4, -0.2) is 11.5 Å². The summed E-state index contributed by atoms with van der Waals surface area (Å²) in [5, 5.41) is 4.38. The highest BCUT2D eigenvalue weighted by Crippen LogP contribution is 2.35. The molecule has 0 aliphatic carbocycles. The van der Waals surface area contributed by atoms with Gasteiger partial charge in [0, 0.05) is 12.1 Å². The van der Waals surface area contributed by atoms with Crippen molar-refractivity contribution >= 4 is 29.0 Å². The zero-order valence-corrected chi connectivity index (χ0v) is 14.4. The maximum atomic E-state index is 6.36. The molecule has 2 rings (SSSR count). The summed E-state index contributed by atoms with van der Waals surface area (Å²) < 4.78 is 0. The second-order valence-corrected chi connectivity index (χ2v) is 6.14. The summed E-state index contributed by atoms with van der Waals surface area (Å²) in [6.45, 7) is 9.22. The van der Waals surface area contributed by atoms with E-state index >= 15 is 0 Å². The molecule has 0 bridgehead atoms. The van der Waals surface area contributed by atoms with Crippen molar-refractivity contribution in [1.82, 2.24) is 4.98 Å². The van der Waals surface area contributed by atoms with Crippen molar-refractivity contribution in [3.05, 3.63) is 44.9 Å². The van der Waals surface area contributed by atoms with Crippen LogP contribution in [0.15, 0.2) is 18.2 Å². The number of aryl methyl sites for hydroxylation is 3. The molecule has 0 radical (unpaired) electrons. The van der Waals surface area contributed by atoms with E-state index in [2.05, 4.69) is 50.1 Å². The van der Waals surface area contributed by atoms with Crippen LogP contribution in [0.4, 0.5) is 5.82 Å². The molecule has 1 aromatic carbocycles. The summed E-state index contributed by atoms with van der Waals surface area (Å²) in [6.07, 6.45) is 1.01. The van der Waals surface area contributed by atoms with Gasteiger partial charge in [-0.3, -0.25) is 0 Å². The Balaban J connectivity index is 2.55. The molecular weight excluding hydrogens is 303 g/mol. The third-order valence-corrected chi connectivity index (χ3v) is 4.14. The van der Waals surface area contributed by atoms with E-state index in [0.717, 1.165) is 29.8 Å². The third kappa shape index (κ3) is 3.50. The van der Waals surface area contributed by atoms with Gasteiger partial charge in [-0.1, -0.05) is 36.2 Å². The number of benzene rings is 1. The lowest BCUT2D eigenvalue weighted by molar-refractivity contribution is 0.970. The summed E-state index contributed by atoms with van der Waals surface area (Å²) >= 11 is 12.6. The van der Waals surface area contributed by atoms with E-state index in [1.807, 2.05) is 0 Å². The smallest absolute Gasteiger partial charge is 0.145 e. The van der Waals surface area contributed by atoms with E-state index in [0.29, 0.717) is 15.9 Å². The van der Waals surface area contributed by atoms with Gasteiger partial charge in [0.25, 0.3) is 0 Å². The maximum absolute atomic E-state index is 6.36. The van der Waals surface area contributed by atoms with Crippen molar-refractivity contribution < 1.29 is 0 Å². The molecular formula is C17H20Cl2N2. The molecule has 0 unspecified atom stereocenters. The van der Waals surface area contributed by atoms with Crippen molar-refractivity contribution in [3.63, 3.8) is 0 Å². The summed E-state index contributed by atoms with van der Waals surface area (Å²) in [6, 6.07) is 6.06. The van der Waals surface area contributed by atoms with Crippen molar-refractivity contribution in [2.45, 2.75) is 34.1 Å². The highest BCUT2D eigenvalue weighted by Gasteiger charge is 2.13. The number of hydrogen-bond acceptors (Lipinski definition) is 2. The first kappa shape index (κ1) is 16.1. The minimum Gasteiger partial charge on any atom is -0.369 e. The number of pyridine rings is 1. The molecule has 0 fully saturated rings. The normalized spacial score (nSPS) is 10.8. The molecule has 4 heteroatoms. The minimum absolute atomic E-state index is 0.554. The van der Waals surface area contributed by atoms with Gasteiger partial charge in [0.2, 0.25) is 0 Å². The topological polar surface area (TPSA) is 24.9 Å². The van der Waals surface area contributed by atoms with E-state index in [9.17, 15) is 0 Å². The summed E-state index contributed by atoms with van der Waals surface area (Å²) in [4.78, 5) is 4.64. The largest absolute Gasteiger partial charge is 0.369 e. The SMILES string of the molecule is CCCNc1nc(-c2cc(C)c(C)cc2C)c(Cl)cc1Cl. The number of halogens is 2. The average molecular weight is 323 g/mol. The van der Waals surface area contributed by atoms with Crippen LogP contribution in [-0.2, 0) is 0 Å². The standard InChI is InChI=1S/C17H20Cl2N2/c1-5-6-20-17-15(19)9-14(18)16(21-17)13-8-11(3)10(2)7-12(13)4/h7-9H,5-6H2,1-4H3,(H,20,21). The van der Waals surface area contributed by atoms with Crippen molar-refractivity contribution in [2.75, 3.05) is 11.9 Å². The zero-order chi connectivity index (χ0) is 15.6. The molecule has 112 valence electrons. The first-order valence-corrected chi connectivity index (χ1v) is 7.87. The molecule has 2 nitrogen and oxygen atoms in total. The van der Waals surface area contributed by atoms with Gasteiger partial charge in [0.15, 0.2) is 0 Å². The Hall–Kier alpha value is -1.25. The first-order chi connectivity index (χ1) is 9.93. The van der Waals surface area contributed by atoms with Gasteiger partial charge in [0.1, 0.15) is 5.82 Å². The highest BCUT2D eigenvalue weighted by atomic mass is 35.5. The van der Waals surface area contributed by atoms with Crippen LogP contribution in [0.1, 0.15) is 30.0 Å². The Bertz CT molecular complexity index is 666. The Morgan fingerprint density at radius 1 is 0.952 bits per heavy atom. The van der Waals surface area contributed by atoms with Crippen LogP contribution in [0.25, 0.3) is 11.3 Å². The molecule has 0 spiro atoms. The van der Waals surface area contributed by atoms with Crippen LogP contribution < -0.4 is 5.32 Å². The van der Waals surface area contributed by atoms with Gasteiger partial charge >= 0.3 is 0 Å². The van der Waals surface area contributed by atoms with Gasteiger partial charge in [-0.25, -0.2) is 4.98 Å². The lowest BCUT2D eigenvalue weighted by atomic mass is 9.98. The highest BCUT2D eigenvalue weighted by molar-refractivity contribution is 6.37. The first-order valence-electron chi connectivity index (χ1n) is 7.12. The third-order valence-electron chi connectivity index (χ3n) is 3.57. The summed E-state index contributed by atoms with van der Waals surface area (Å²) in [5.41, 5.74) is 5.49. The maximum Gasteiger partial charge on any atom is 0.145 e.